The third kappa shape index (κ3) is 4.66. The molecule has 0 bridgehead atoms. The minimum atomic E-state index is -3.67. The molecule has 0 heterocycles. The first-order valence-electron chi connectivity index (χ1n) is 7.49. The molecular weight excluding hydrogens is 408 g/mol. The van der Waals surface area contributed by atoms with Crippen molar-refractivity contribution in [3.63, 3.8) is 0 Å². The normalized spacial score (nSPS) is 11.6. The fourth-order valence-corrected chi connectivity index (χ4v) is 3.97. The molecule has 0 fully saturated rings. The fraction of sp³-hybridized carbons (Fsp3) is 0.235. The summed E-state index contributed by atoms with van der Waals surface area (Å²) in [5.74, 6) is -0.405. The van der Waals surface area contributed by atoms with Gasteiger partial charge < -0.3 is 10.4 Å². The number of nitrogens with one attached hydrogen (secondary N) is 1. The van der Waals surface area contributed by atoms with E-state index in [0.29, 0.717) is 16.6 Å². The number of rotatable bonds is 6. The Kier molecular flexibility index (Phi) is 6.34. The van der Waals surface area contributed by atoms with Crippen LogP contribution in [0.2, 0.25) is 0 Å². The molecule has 6 nitrogen and oxygen atoms in total. The first-order valence-corrected chi connectivity index (χ1v) is 9.72. The third-order valence-corrected chi connectivity index (χ3v) is 6.37. The van der Waals surface area contributed by atoms with Gasteiger partial charge in [-0.1, -0.05) is 12.1 Å². The average molecular weight is 427 g/mol. The highest BCUT2D eigenvalue weighted by molar-refractivity contribution is 9.10. The topological polar surface area (TPSA) is 86.7 Å². The Labute approximate surface area is 155 Å². The molecule has 0 aromatic heterocycles. The predicted octanol–water partition coefficient (Wildman–Crippen LogP) is 2.49. The van der Waals surface area contributed by atoms with Crippen molar-refractivity contribution in [2.24, 2.45) is 0 Å². The smallest absolute Gasteiger partial charge is 0.255 e. The van der Waals surface area contributed by atoms with E-state index in [1.54, 1.807) is 18.2 Å². The molecule has 2 aromatic carbocycles. The number of nitrogens with zero attached hydrogens (tertiary/aromatic N) is 1. The molecule has 0 unspecified atom stereocenters. The van der Waals surface area contributed by atoms with E-state index in [0.717, 1.165) is 9.87 Å². The number of anilines is 1. The number of carbonyl (C=O) groups excluding carboxylic acids is 1. The number of sulfonamides is 1. The number of amides is 1. The van der Waals surface area contributed by atoms with Gasteiger partial charge in [0, 0.05) is 36.4 Å². The molecule has 0 aliphatic carbocycles. The molecule has 0 saturated carbocycles. The minimum Gasteiger partial charge on any atom is -0.396 e. The minimum absolute atomic E-state index is 0.0310. The van der Waals surface area contributed by atoms with E-state index in [2.05, 4.69) is 21.2 Å². The molecule has 2 rings (SSSR count). The lowest BCUT2D eigenvalue weighted by Crippen LogP contribution is -2.23. The standard InChI is InChI=1S/C17H19BrN2O4S/c1-20(2)25(23,24)16-11-13(5-8-15(16)18)17(22)19-14-6-3-12(4-7-14)9-10-21/h3-8,11,21H,9-10H2,1-2H3,(H,19,22). The monoisotopic (exact) mass is 426 g/mol. The lowest BCUT2D eigenvalue weighted by atomic mass is 10.1. The molecule has 0 aliphatic rings. The van der Waals surface area contributed by atoms with Gasteiger partial charge in [0.25, 0.3) is 5.91 Å². The van der Waals surface area contributed by atoms with Crippen molar-refractivity contribution in [3.05, 3.63) is 58.1 Å². The first kappa shape index (κ1) is 19.6. The van der Waals surface area contributed by atoms with E-state index in [1.165, 1.54) is 26.2 Å². The molecule has 0 aliphatic heterocycles. The Balaban J connectivity index is 2.25. The van der Waals surface area contributed by atoms with E-state index in [4.69, 9.17) is 5.11 Å². The Bertz CT molecular complexity index is 865. The van der Waals surface area contributed by atoms with Gasteiger partial charge in [0.05, 0.1) is 4.90 Å². The van der Waals surface area contributed by atoms with E-state index in [9.17, 15) is 13.2 Å². The zero-order chi connectivity index (χ0) is 18.6. The number of halogens is 1. The summed E-state index contributed by atoms with van der Waals surface area (Å²) in [4.78, 5) is 12.4. The summed E-state index contributed by atoms with van der Waals surface area (Å²) in [6, 6.07) is 11.5. The highest BCUT2D eigenvalue weighted by Crippen LogP contribution is 2.25. The van der Waals surface area contributed by atoms with Crippen molar-refractivity contribution < 1.29 is 18.3 Å². The molecule has 0 spiro atoms. The van der Waals surface area contributed by atoms with Gasteiger partial charge in [0.2, 0.25) is 10.0 Å². The Morgan fingerprint density at radius 2 is 1.80 bits per heavy atom. The second kappa shape index (κ2) is 8.09. The molecule has 0 atom stereocenters. The second-order valence-corrected chi connectivity index (χ2v) is 8.53. The van der Waals surface area contributed by atoms with Gasteiger partial charge >= 0.3 is 0 Å². The summed E-state index contributed by atoms with van der Waals surface area (Å²) in [5, 5.41) is 11.6. The summed E-state index contributed by atoms with van der Waals surface area (Å²) in [5.41, 5.74) is 1.79. The SMILES string of the molecule is CN(C)S(=O)(=O)c1cc(C(=O)Nc2ccc(CCO)cc2)ccc1Br. The van der Waals surface area contributed by atoms with Crippen LogP contribution in [0.5, 0.6) is 0 Å². The van der Waals surface area contributed by atoms with Crippen LogP contribution in [0, 0.1) is 0 Å². The van der Waals surface area contributed by atoms with E-state index < -0.39 is 15.9 Å². The summed E-state index contributed by atoms with van der Waals surface area (Å²) in [6.45, 7) is 0.0632. The molecule has 0 saturated heterocycles. The van der Waals surface area contributed by atoms with Crippen molar-refractivity contribution >= 4 is 37.5 Å². The average Bonchev–Trinajstić information content (AvgIpc) is 2.57. The van der Waals surface area contributed by atoms with Crippen molar-refractivity contribution in [2.45, 2.75) is 11.3 Å². The molecule has 0 radical (unpaired) electrons. The van der Waals surface area contributed by atoms with Crippen LogP contribution in [0.15, 0.2) is 51.8 Å². The third-order valence-electron chi connectivity index (χ3n) is 3.56. The van der Waals surface area contributed by atoms with Gasteiger partial charge in [-0.05, 0) is 58.2 Å². The van der Waals surface area contributed by atoms with Gasteiger partial charge in [-0.25, -0.2) is 12.7 Å². The zero-order valence-corrected chi connectivity index (χ0v) is 16.3. The van der Waals surface area contributed by atoms with Crippen molar-refractivity contribution in [1.29, 1.82) is 0 Å². The number of hydrogen-bond donors (Lipinski definition) is 2. The van der Waals surface area contributed by atoms with E-state index >= 15 is 0 Å². The van der Waals surface area contributed by atoms with E-state index in [-0.39, 0.29) is 17.1 Å². The maximum absolute atomic E-state index is 12.4. The van der Waals surface area contributed by atoms with Gasteiger partial charge in [0.1, 0.15) is 0 Å². The van der Waals surface area contributed by atoms with Crippen LogP contribution >= 0.6 is 15.9 Å². The van der Waals surface area contributed by atoms with Gasteiger partial charge in [-0.3, -0.25) is 4.79 Å². The lowest BCUT2D eigenvalue weighted by molar-refractivity contribution is 0.102. The molecule has 2 N–H and O–H groups in total. The van der Waals surface area contributed by atoms with Crippen molar-refractivity contribution in [2.75, 3.05) is 26.0 Å². The number of hydrogen-bond acceptors (Lipinski definition) is 4. The molecule has 134 valence electrons. The highest BCUT2D eigenvalue weighted by atomic mass is 79.9. The first-order chi connectivity index (χ1) is 11.8. The van der Waals surface area contributed by atoms with Gasteiger partial charge in [0.15, 0.2) is 0 Å². The van der Waals surface area contributed by atoms with Gasteiger partial charge in [-0.2, -0.15) is 0 Å². The molecule has 2 aromatic rings. The van der Waals surface area contributed by atoms with Gasteiger partial charge in [-0.15, -0.1) is 0 Å². The Morgan fingerprint density at radius 1 is 1.16 bits per heavy atom. The maximum atomic E-state index is 12.4. The molecule has 1 amide bonds. The number of aliphatic hydroxyl groups is 1. The summed E-state index contributed by atoms with van der Waals surface area (Å²) < 4.78 is 26.1. The lowest BCUT2D eigenvalue weighted by Gasteiger charge is -2.14. The summed E-state index contributed by atoms with van der Waals surface area (Å²) >= 11 is 3.22. The van der Waals surface area contributed by atoms with Crippen LogP contribution in [0.1, 0.15) is 15.9 Å². The Hall–Kier alpha value is -1.74. The zero-order valence-electron chi connectivity index (χ0n) is 13.9. The van der Waals surface area contributed by atoms with Crippen LogP contribution in [-0.2, 0) is 16.4 Å². The largest absolute Gasteiger partial charge is 0.396 e. The summed E-state index contributed by atoms with van der Waals surface area (Å²) in [7, 11) is -0.800. The molecular formula is C17H19BrN2O4S. The number of aliphatic hydroxyl groups excluding tert-OH is 1. The van der Waals surface area contributed by atoms with Crippen LogP contribution in [0.25, 0.3) is 0 Å². The maximum Gasteiger partial charge on any atom is 0.255 e. The van der Waals surface area contributed by atoms with Crippen LogP contribution < -0.4 is 5.32 Å². The fourth-order valence-electron chi connectivity index (χ4n) is 2.13. The molecule has 8 heteroatoms. The quantitative estimate of drug-likeness (QED) is 0.742. The van der Waals surface area contributed by atoms with Crippen LogP contribution in [0.4, 0.5) is 5.69 Å². The van der Waals surface area contributed by atoms with E-state index in [1.807, 2.05) is 12.1 Å². The van der Waals surface area contributed by atoms with Crippen LogP contribution in [-0.4, -0.2) is 44.4 Å². The molecule has 25 heavy (non-hydrogen) atoms. The van der Waals surface area contributed by atoms with Crippen LogP contribution in [0.3, 0.4) is 0 Å². The summed E-state index contributed by atoms with van der Waals surface area (Å²) in [6.07, 6.45) is 0.548. The predicted molar refractivity (Wildman–Crippen MR) is 100 cm³/mol. The number of carbonyl (C=O) groups is 1. The highest BCUT2D eigenvalue weighted by Gasteiger charge is 2.22. The number of benzene rings is 2. The Morgan fingerprint density at radius 3 is 2.36 bits per heavy atom. The van der Waals surface area contributed by atoms with Crippen molar-refractivity contribution in [3.8, 4) is 0 Å². The van der Waals surface area contributed by atoms with Crippen molar-refractivity contribution in [1.82, 2.24) is 4.31 Å². The second-order valence-electron chi connectivity index (χ2n) is 5.56.